The Labute approximate surface area is 178 Å². The van der Waals surface area contributed by atoms with Gasteiger partial charge in [0.1, 0.15) is 11.9 Å². The predicted octanol–water partition coefficient (Wildman–Crippen LogP) is 2.03. The number of carbonyl (C=O) groups is 1. The summed E-state index contributed by atoms with van der Waals surface area (Å²) in [6.07, 6.45) is 4.20. The SMILES string of the molecule is O=C1O[C@H](Cn2ccnn2)CN1c1ccc(N2CC3CC4(CC3C2)OCCO4)c(F)c1. The smallest absolute Gasteiger partial charge is 0.414 e. The minimum Gasteiger partial charge on any atom is -0.442 e. The van der Waals surface area contributed by atoms with Gasteiger partial charge in [0.05, 0.1) is 43.9 Å². The van der Waals surface area contributed by atoms with Crippen LogP contribution in [0.5, 0.6) is 0 Å². The molecule has 0 radical (unpaired) electrons. The van der Waals surface area contributed by atoms with Crippen molar-refractivity contribution in [3.05, 3.63) is 36.4 Å². The summed E-state index contributed by atoms with van der Waals surface area (Å²) >= 11 is 0. The van der Waals surface area contributed by atoms with Crippen molar-refractivity contribution in [2.75, 3.05) is 42.6 Å². The number of fused-ring (bicyclic) bond motifs is 1. The van der Waals surface area contributed by atoms with E-state index >= 15 is 4.39 Å². The van der Waals surface area contributed by atoms with Crippen LogP contribution < -0.4 is 9.80 Å². The largest absolute Gasteiger partial charge is 0.442 e. The maximum Gasteiger partial charge on any atom is 0.414 e. The molecule has 3 saturated heterocycles. The monoisotopic (exact) mass is 429 g/mol. The Morgan fingerprint density at radius 3 is 2.58 bits per heavy atom. The number of amides is 1. The highest BCUT2D eigenvalue weighted by Gasteiger charge is 2.52. The number of halogens is 1. The molecular formula is C21H24FN5O4. The lowest BCUT2D eigenvalue weighted by Crippen LogP contribution is -2.31. The zero-order valence-corrected chi connectivity index (χ0v) is 17.0. The van der Waals surface area contributed by atoms with Crippen molar-refractivity contribution in [2.24, 2.45) is 11.8 Å². The predicted molar refractivity (Wildman–Crippen MR) is 107 cm³/mol. The van der Waals surface area contributed by atoms with Crippen molar-refractivity contribution in [2.45, 2.75) is 31.3 Å². The fraction of sp³-hybridized carbons (Fsp3) is 0.571. The van der Waals surface area contributed by atoms with Crippen LogP contribution in [0.15, 0.2) is 30.6 Å². The third kappa shape index (κ3) is 3.34. The van der Waals surface area contributed by atoms with Gasteiger partial charge in [-0.25, -0.2) is 13.9 Å². The van der Waals surface area contributed by atoms with Gasteiger partial charge in [0, 0.05) is 32.1 Å². The quantitative estimate of drug-likeness (QED) is 0.736. The van der Waals surface area contributed by atoms with Gasteiger partial charge in [-0.1, -0.05) is 5.21 Å². The number of nitrogens with zero attached hydrogens (tertiary/aromatic N) is 5. The molecule has 4 fully saturated rings. The summed E-state index contributed by atoms with van der Waals surface area (Å²) in [6, 6.07) is 4.98. The lowest BCUT2D eigenvalue weighted by atomic mass is 10.0. The normalized spacial score (nSPS) is 29.2. The van der Waals surface area contributed by atoms with Crippen LogP contribution in [0.3, 0.4) is 0 Å². The maximum atomic E-state index is 15.1. The average Bonchev–Trinajstić information content (AvgIpc) is 3.54. The molecule has 3 aliphatic heterocycles. The van der Waals surface area contributed by atoms with Crippen LogP contribution in [0.2, 0.25) is 0 Å². The van der Waals surface area contributed by atoms with E-state index in [0.29, 0.717) is 49.5 Å². The fourth-order valence-corrected chi connectivity index (χ4v) is 5.50. The molecule has 4 heterocycles. The Hall–Kier alpha value is -2.72. The minimum absolute atomic E-state index is 0.326. The molecule has 1 saturated carbocycles. The summed E-state index contributed by atoms with van der Waals surface area (Å²) in [4.78, 5) is 15.9. The molecule has 9 nitrogen and oxygen atoms in total. The number of hydrogen-bond acceptors (Lipinski definition) is 7. The first-order chi connectivity index (χ1) is 15.1. The maximum absolute atomic E-state index is 15.1. The second kappa shape index (κ2) is 7.16. The Kier molecular flexibility index (Phi) is 4.39. The molecule has 10 heteroatoms. The number of carbonyl (C=O) groups excluding carboxylic acids is 1. The first-order valence-corrected chi connectivity index (χ1v) is 10.7. The molecule has 1 aromatic heterocycles. The summed E-state index contributed by atoms with van der Waals surface area (Å²) < 4.78 is 33.8. The molecule has 3 atom stereocenters. The van der Waals surface area contributed by atoms with Gasteiger partial charge in [-0.2, -0.15) is 0 Å². The number of benzene rings is 1. The van der Waals surface area contributed by atoms with E-state index in [-0.39, 0.29) is 11.9 Å². The minimum atomic E-state index is -0.477. The molecule has 164 valence electrons. The van der Waals surface area contributed by atoms with Gasteiger partial charge >= 0.3 is 6.09 Å². The standard InChI is InChI=1S/C21H24FN5O4/c22-18-7-16(27-13-17(31-20(27)28)12-26-4-3-23-24-26)1-2-19(18)25-10-14-8-21(9-15(14)11-25)29-5-6-30-21/h1-4,7,14-15,17H,5-6,8-13H2/t14?,15?,17-/m1/s1. The zero-order valence-electron chi connectivity index (χ0n) is 17.0. The summed E-state index contributed by atoms with van der Waals surface area (Å²) in [5, 5.41) is 7.65. The van der Waals surface area contributed by atoms with Gasteiger partial charge in [-0.05, 0) is 30.0 Å². The Morgan fingerprint density at radius 1 is 1.13 bits per heavy atom. The molecule has 1 aliphatic carbocycles. The lowest BCUT2D eigenvalue weighted by molar-refractivity contribution is -0.154. The van der Waals surface area contributed by atoms with Crippen molar-refractivity contribution >= 4 is 17.5 Å². The average molecular weight is 429 g/mol. The highest BCUT2D eigenvalue weighted by Crippen LogP contribution is 2.49. The van der Waals surface area contributed by atoms with Crippen LogP contribution in [0, 0.1) is 17.7 Å². The topological polar surface area (TPSA) is 82.0 Å². The molecule has 2 unspecified atom stereocenters. The molecule has 1 spiro atoms. The van der Waals surface area contributed by atoms with E-state index in [1.54, 1.807) is 29.2 Å². The van der Waals surface area contributed by atoms with Gasteiger partial charge in [0.2, 0.25) is 0 Å². The van der Waals surface area contributed by atoms with Crippen LogP contribution >= 0.6 is 0 Å². The first kappa shape index (κ1) is 19.0. The number of anilines is 2. The molecule has 0 bridgehead atoms. The third-order valence-electron chi connectivity index (χ3n) is 6.86. The van der Waals surface area contributed by atoms with Crippen LogP contribution in [-0.4, -0.2) is 65.8 Å². The molecule has 1 amide bonds. The van der Waals surface area contributed by atoms with E-state index < -0.39 is 11.9 Å². The number of aromatic nitrogens is 3. The van der Waals surface area contributed by atoms with Gasteiger partial charge < -0.3 is 19.1 Å². The molecule has 31 heavy (non-hydrogen) atoms. The number of ether oxygens (including phenoxy) is 3. The number of rotatable bonds is 4. The van der Waals surface area contributed by atoms with Crippen molar-refractivity contribution < 1.29 is 23.4 Å². The second-order valence-electron chi connectivity index (χ2n) is 8.82. The Balaban J connectivity index is 1.13. The van der Waals surface area contributed by atoms with Crippen LogP contribution in [0.4, 0.5) is 20.6 Å². The summed E-state index contributed by atoms with van der Waals surface area (Å²) in [5.41, 5.74) is 1.07. The lowest BCUT2D eigenvalue weighted by Gasteiger charge is -2.26. The zero-order chi connectivity index (χ0) is 21.0. The highest BCUT2D eigenvalue weighted by molar-refractivity contribution is 5.90. The van der Waals surface area contributed by atoms with Crippen molar-refractivity contribution in [3.63, 3.8) is 0 Å². The van der Waals surface area contributed by atoms with Crippen molar-refractivity contribution in [3.8, 4) is 0 Å². The molecular weight excluding hydrogens is 405 g/mol. The molecule has 1 aromatic carbocycles. The number of hydrogen-bond donors (Lipinski definition) is 0. The van der Waals surface area contributed by atoms with Crippen LogP contribution in [-0.2, 0) is 20.8 Å². The highest BCUT2D eigenvalue weighted by atomic mass is 19.1. The van der Waals surface area contributed by atoms with E-state index in [9.17, 15) is 4.79 Å². The summed E-state index contributed by atoms with van der Waals surface area (Å²) in [5.74, 6) is 0.169. The third-order valence-corrected chi connectivity index (χ3v) is 6.86. The summed E-state index contributed by atoms with van der Waals surface area (Å²) in [7, 11) is 0. The molecule has 4 aliphatic rings. The first-order valence-electron chi connectivity index (χ1n) is 10.7. The Bertz CT molecular complexity index is 964. The molecule has 6 rings (SSSR count). The van der Waals surface area contributed by atoms with Gasteiger partial charge in [0.15, 0.2) is 5.79 Å². The summed E-state index contributed by atoms with van der Waals surface area (Å²) in [6.45, 7) is 3.67. The Morgan fingerprint density at radius 2 is 1.90 bits per heavy atom. The molecule has 0 N–H and O–H groups in total. The van der Waals surface area contributed by atoms with E-state index in [2.05, 4.69) is 15.2 Å². The fourth-order valence-electron chi connectivity index (χ4n) is 5.50. The van der Waals surface area contributed by atoms with Gasteiger partial charge in [-0.3, -0.25) is 4.90 Å². The van der Waals surface area contributed by atoms with Crippen molar-refractivity contribution in [1.82, 2.24) is 15.0 Å². The van der Waals surface area contributed by atoms with E-state index in [1.165, 1.54) is 11.0 Å². The van der Waals surface area contributed by atoms with Crippen LogP contribution in [0.25, 0.3) is 0 Å². The van der Waals surface area contributed by atoms with Gasteiger partial charge in [0.25, 0.3) is 0 Å². The van der Waals surface area contributed by atoms with Gasteiger partial charge in [-0.15, -0.1) is 5.10 Å². The van der Waals surface area contributed by atoms with E-state index in [0.717, 1.165) is 25.9 Å². The second-order valence-corrected chi connectivity index (χ2v) is 8.82. The van der Waals surface area contributed by atoms with Crippen molar-refractivity contribution in [1.29, 1.82) is 0 Å². The molecule has 2 aromatic rings. The van der Waals surface area contributed by atoms with Crippen LogP contribution in [0.1, 0.15) is 12.8 Å². The number of cyclic esters (lactones) is 1. The van der Waals surface area contributed by atoms with E-state index in [1.807, 2.05) is 0 Å². The van der Waals surface area contributed by atoms with E-state index in [4.69, 9.17) is 14.2 Å².